The lowest BCUT2D eigenvalue weighted by Gasteiger charge is -2.20. The summed E-state index contributed by atoms with van der Waals surface area (Å²) in [4.78, 5) is 11.7. The highest BCUT2D eigenvalue weighted by atomic mass is 16.5. The first-order chi connectivity index (χ1) is 9.37. The Morgan fingerprint density at radius 1 is 1.20 bits per heavy atom. The minimum absolute atomic E-state index is 0.0284. The van der Waals surface area contributed by atoms with Crippen LogP contribution in [-0.2, 0) is 11.3 Å². The Morgan fingerprint density at radius 2 is 1.90 bits per heavy atom. The van der Waals surface area contributed by atoms with E-state index in [0.717, 1.165) is 5.56 Å². The van der Waals surface area contributed by atoms with E-state index in [9.17, 15) is 4.79 Å². The molecule has 0 atom stereocenters. The fourth-order valence-corrected chi connectivity index (χ4v) is 1.87. The van der Waals surface area contributed by atoms with Crippen molar-refractivity contribution in [3.63, 3.8) is 0 Å². The summed E-state index contributed by atoms with van der Waals surface area (Å²) >= 11 is 0. The molecular formula is C15H24N2O3. The average molecular weight is 280 g/mol. The van der Waals surface area contributed by atoms with Gasteiger partial charge in [-0.25, -0.2) is 0 Å². The van der Waals surface area contributed by atoms with Crippen molar-refractivity contribution in [2.45, 2.75) is 32.9 Å². The summed E-state index contributed by atoms with van der Waals surface area (Å²) in [5.74, 6) is 1.35. The number of methoxy groups -OCH3 is 2. The standard InChI is InChI=1S/C15H24N2O3/c1-15(2,3)17-13(18)10-16-9-11-7-6-8-12(19-4)14(11)20-5/h6-8,16H,9-10H2,1-5H3,(H,17,18). The summed E-state index contributed by atoms with van der Waals surface area (Å²) in [5, 5.41) is 6.00. The predicted octanol–water partition coefficient (Wildman–Crippen LogP) is 1.71. The van der Waals surface area contributed by atoms with Crippen LogP contribution in [0.5, 0.6) is 11.5 Å². The zero-order valence-electron chi connectivity index (χ0n) is 12.9. The fourth-order valence-electron chi connectivity index (χ4n) is 1.87. The molecule has 1 rings (SSSR count). The van der Waals surface area contributed by atoms with E-state index in [-0.39, 0.29) is 18.0 Å². The van der Waals surface area contributed by atoms with Gasteiger partial charge in [0, 0.05) is 17.6 Å². The van der Waals surface area contributed by atoms with E-state index in [2.05, 4.69) is 10.6 Å². The minimum atomic E-state index is -0.216. The molecule has 5 nitrogen and oxygen atoms in total. The molecule has 0 unspecified atom stereocenters. The van der Waals surface area contributed by atoms with Crippen molar-refractivity contribution >= 4 is 5.91 Å². The highest BCUT2D eigenvalue weighted by molar-refractivity contribution is 5.78. The molecule has 112 valence electrons. The van der Waals surface area contributed by atoms with E-state index in [1.165, 1.54) is 0 Å². The Balaban J connectivity index is 2.56. The maximum absolute atomic E-state index is 11.7. The van der Waals surface area contributed by atoms with Gasteiger partial charge in [-0.1, -0.05) is 12.1 Å². The van der Waals surface area contributed by atoms with E-state index < -0.39 is 0 Å². The first-order valence-electron chi connectivity index (χ1n) is 6.59. The monoisotopic (exact) mass is 280 g/mol. The van der Waals surface area contributed by atoms with Crippen LogP contribution < -0.4 is 20.1 Å². The van der Waals surface area contributed by atoms with Gasteiger partial charge < -0.3 is 20.1 Å². The van der Waals surface area contributed by atoms with Crippen molar-refractivity contribution in [3.8, 4) is 11.5 Å². The Labute approximate surface area is 120 Å². The quantitative estimate of drug-likeness (QED) is 0.833. The highest BCUT2D eigenvalue weighted by Gasteiger charge is 2.14. The molecule has 0 aliphatic carbocycles. The van der Waals surface area contributed by atoms with Crippen molar-refractivity contribution in [2.24, 2.45) is 0 Å². The number of benzene rings is 1. The van der Waals surface area contributed by atoms with Crippen LogP contribution in [0.4, 0.5) is 0 Å². The van der Waals surface area contributed by atoms with Crippen molar-refractivity contribution < 1.29 is 14.3 Å². The van der Waals surface area contributed by atoms with Crippen molar-refractivity contribution in [2.75, 3.05) is 20.8 Å². The second-order valence-corrected chi connectivity index (χ2v) is 5.55. The maximum atomic E-state index is 11.7. The topological polar surface area (TPSA) is 59.6 Å². The number of amides is 1. The van der Waals surface area contributed by atoms with Crippen LogP contribution in [0.15, 0.2) is 18.2 Å². The SMILES string of the molecule is COc1cccc(CNCC(=O)NC(C)(C)C)c1OC. The largest absolute Gasteiger partial charge is 0.493 e. The first-order valence-corrected chi connectivity index (χ1v) is 6.59. The lowest BCUT2D eigenvalue weighted by molar-refractivity contribution is -0.121. The van der Waals surface area contributed by atoms with Crippen LogP contribution in [0.3, 0.4) is 0 Å². The number of ether oxygens (including phenoxy) is 2. The van der Waals surface area contributed by atoms with Crippen LogP contribution >= 0.6 is 0 Å². The van der Waals surface area contributed by atoms with Crippen LogP contribution in [0.1, 0.15) is 26.3 Å². The molecular weight excluding hydrogens is 256 g/mol. The molecule has 0 heterocycles. The van der Waals surface area contributed by atoms with E-state index in [1.54, 1.807) is 14.2 Å². The maximum Gasteiger partial charge on any atom is 0.234 e. The highest BCUT2D eigenvalue weighted by Crippen LogP contribution is 2.30. The summed E-state index contributed by atoms with van der Waals surface area (Å²) < 4.78 is 10.6. The van der Waals surface area contributed by atoms with Gasteiger partial charge in [0.2, 0.25) is 5.91 Å². The average Bonchev–Trinajstić information content (AvgIpc) is 2.36. The molecule has 20 heavy (non-hydrogen) atoms. The van der Waals surface area contributed by atoms with E-state index in [0.29, 0.717) is 18.0 Å². The van der Waals surface area contributed by atoms with Gasteiger partial charge in [0.1, 0.15) is 0 Å². The third kappa shape index (κ3) is 5.09. The summed E-state index contributed by atoms with van der Waals surface area (Å²) in [6.07, 6.45) is 0. The number of hydrogen-bond acceptors (Lipinski definition) is 4. The zero-order valence-corrected chi connectivity index (χ0v) is 12.9. The van der Waals surface area contributed by atoms with E-state index in [4.69, 9.17) is 9.47 Å². The summed E-state index contributed by atoms with van der Waals surface area (Å²) in [6, 6.07) is 5.68. The molecule has 0 radical (unpaired) electrons. The molecule has 1 aromatic rings. The minimum Gasteiger partial charge on any atom is -0.493 e. The Hall–Kier alpha value is -1.75. The number of hydrogen-bond donors (Lipinski definition) is 2. The van der Waals surface area contributed by atoms with Crippen molar-refractivity contribution in [3.05, 3.63) is 23.8 Å². The van der Waals surface area contributed by atoms with Gasteiger partial charge in [-0.2, -0.15) is 0 Å². The number of carbonyl (C=O) groups excluding carboxylic acids is 1. The normalized spacial score (nSPS) is 11.1. The molecule has 0 aromatic heterocycles. The van der Waals surface area contributed by atoms with Gasteiger partial charge in [0.15, 0.2) is 11.5 Å². The second-order valence-electron chi connectivity index (χ2n) is 5.55. The van der Waals surface area contributed by atoms with Gasteiger partial charge in [-0.05, 0) is 26.8 Å². The number of rotatable bonds is 6. The van der Waals surface area contributed by atoms with Crippen LogP contribution in [0, 0.1) is 0 Å². The van der Waals surface area contributed by atoms with Gasteiger partial charge in [0.05, 0.1) is 20.8 Å². The molecule has 2 N–H and O–H groups in total. The zero-order chi connectivity index (χ0) is 15.2. The van der Waals surface area contributed by atoms with Crippen LogP contribution in [-0.4, -0.2) is 32.2 Å². The van der Waals surface area contributed by atoms with E-state index >= 15 is 0 Å². The summed E-state index contributed by atoms with van der Waals surface area (Å²) in [7, 11) is 3.21. The van der Waals surface area contributed by atoms with Crippen LogP contribution in [0.2, 0.25) is 0 Å². The molecule has 5 heteroatoms. The van der Waals surface area contributed by atoms with Gasteiger partial charge in [-0.3, -0.25) is 4.79 Å². The van der Waals surface area contributed by atoms with Crippen molar-refractivity contribution in [1.29, 1.82) is 0 Å². The molecule has 0 aliphatic rings. The van der Waals surface area contributed by atoms with Gasteiger partial charge >= 0.3 is 0 Å². The molecule has 0 saturated heterocycles. The van der Waals surface area contributed by atoms with Crippen molar-refractivity contribution in [1.82, 2.24) is 10.6 Å². The first kappa shape index (κ1) is 16.3. The van der Waals surface area contributed by atoms with Gasteiger partial charge in [0.25, 0.3) is 0 Å². The molecule has 0 aliphatic heterocycles. The second kappa shape index (κ2) is 7.14. The summed E-state index contributed by atoms with van der Waals surface area (Å²) in [5.41, 5.74) is 0.738. The third-order valence-corrected chi connectivity index (χ3v) is 2.60. The number of nitrogens with one attached hydrogen (secondary N) is 2. The lowest BCUT2D eigenvalue weighted by atomic mass is 10.1. The Morgan fingerprint density at radius 3 is 2.45 bits per heavy atom. The third-order valence-electron chi connectivity index (χ3n) is 2.60. The summed E-state index contributed by atoms with van der Waals surface area (Å²) in [6.45, 7) is 6.66. The predicted molar refractivity (Wildman–Crippen MR) is 79.1 cm³/mol. The molecule has 0 bridgehead atoms. The molecule has 0 spiro atoms. The van der Waals surface area contributed by atoms with Gasteiger partial charge in [-0.15, -0.1) is 0 Å². The molecule has 0 saturated carbocycles. The smallest absolute Gasteiger partial charge is 0.234 e. The Kier molecular flexibility index (Phi) is 5.82. The number of carbonyl (C=O) groups is 1. The van der Waals surface area contributed by atoms with E-state index in [1.807, 2.05) is 39.0 Å². The van der Waals surface area contributed by atoms with Crippen LogP contribution in [0.25, 0.3) is 0 Å². The molecule has 1 amide bonds. The number of para-hydroxylation sites is 1. The molecule has 1 aromatic carbocycles. The lowest BCUT2D eigenvalue weighted by Crippen LogP contribution is -2.44. The molecule has 0 fully saturated rings. The Bertz CT molecular complexity index is 453. The fraction of sp³-hybridized carbons (Fsp3) is 0.533.